The van der Waals surface area contributed by atoms with Crippen molar-refractivity contribution in [1.82, 2.24) is 5.32 Å². The molecule has 1 amide bonds. The minimum Gasteiger partial charge on any atom is -0.394 e. The van der Waals surface area contributed by atoms with Gasteiger partial charge in [-0.25, -0.2) is 0 Å². The Morgan fingerprint density at radius 3 is 1.02 bits per heavy atom. The Morgan fingerprint density at radius 2 is 0.695 bits per heavy atom. The first-order valence-electron chi connectivity index (χ1n) is 27.0. The molecule has 0 aromatic heterocycles. The van der Waals surface area contributed by atoms with Crippen molar-refractivity contribution in [2.45, 2.75) is 315 Å². The zero-order valence-corrected chi connectivity index (χ0v) is 40.3. The highest BCUT2D eigenvalue weighted by Gasteiger charge is 2.20. The Labute approximate surface area is 370 Å². The third-order valence-electron chi connectivity index (χ3n) is 12.7. The summed E-state index contributed by atoms with van der Waals surface area (Å²) in [6, 6.07) is -0.533. The van der Waals surface area contributed by atoms with Gasteiger partial charge in [-0.3, -0.25) is 4.79 Å². The van der Waals surface area contributed by atoms with Gasteiger partial charge in [0.1, 0.15) is 0 Å². The molecule has 0 radical (unpaired) electrons. The van der Waals surface area contributed by atoms with Gasteiger partial charge in [0, 0.05) is 6.42 Å². The van der Waals surface area contributed by atoms with Crippen LogP contribution in [0.25, 0.3) is 0 Å². The van der Waals surface area contributed by atoms with E-state index >= 15 is 0 Å². The summed E-state index contributed by atoms with van der Waals surface area (Å²) in [6.45, 7) is 4.38. The molecule has 3 N–H and O–H groups in total. The summed E-state index contributed by atoms with van der Waals surface area (Å²) in [5.41, 5.74) is 0. The zero-order valence-electron chi connectivity index (χ0n) is 40.3. The predicted octanol–water partition coefficient (Wildman–Crippen LogP) is 17.5. The molecule has 0 aliphatic rings. The molecule has 0 aromatic rings. The first kappa shape index (κ1) is 57.9. The number of unbranched alkanes of at least 4 members (excludes halogenated alkanes) is 39. The Hall–Kier alpha value is -1.13. The monoisotopic (exact) mass is 830 g/mol. The maximum atomic E-state index is 12.5. The zero-order chi connectivity index (χ0) is 42.8. The van der Waals surface area contributed by atoms with Gasteiger partial charge >= 0.3 is 0 Å². The lowest BCUT2D eigenvalue weighted by atomic mass is 10.0. The van der Waals surface area contributed by atoms with Gasteiger partial charge in [0.2, 0.25) is 5.91 Å². The lowest BCUT2D eigenvalue weighted by Crippen LogP contribution is -2.45. The number of nitrogens with one attached hydrogen (secondary N) is 1. The molecule has 59 heavy (non-hydrogen) atoms. The van der Waals surface area contributed by atoms with Crippen molar-refractivity contribution in [2.75, 3.05) is 6.61 Å². The molecule has 4 nitrogen and oxygen atoms in total. The number of carbonyl (C=O) groups is 1. The molecule has 2 unspecified atom stereocenters. The SMILES string of the molecule is CCCCCCCCCCC/C=C\C/C=C\CCCCCCCCCCCCCCCCCCCC(=O)NC(CO)C(O)CCCCCCCCCCCCCCCC. The van der Waals surface area contributed by atoms with E-state index in [2.05, 4.69) is 43.5 Å². The minimum atomic E-state index is -0.656. The molecular weight excluding hydrogens is 723 g/mol. The topological polar surface area (TPSA) is 69.6 Å². The van der Waals surface area contributed by atoms with Crippen LogP contribution in [0, 0.1) is 0 Å². The first-order chi connectivity index (χ1) is 29.2. The van der Waals surface area contributed by atoms with E-state index in [4.69, 9.17) is 0 Å². The first-order valence-corrected chi connectivity index (χ1v) is 27.0. The lowest BCUT2D eigenvalue weighted by Gasteiger charge is -2.22. The number of rotatable bonds is 50. The van der Waals surface area contributed by atoms with Crippen LogP contribution in [0.3, 0.4) is 0 Å². The summed E-state index contributed by atoms with van der Waals surface area (Å²) < 4.78 is 0. The van der Waals surface area contributed by atoms with Crippen LogP contribution in [0.1, 0.15) is 303 Å². The summed E-state index contributed by atoms with van der Waals surface area (Å²) in [7, 11) is 0. The smallest absolute Gasteiger partial charge is 0.220 e. The molecule has 0 fully saturated rings. The second-order valence-electron chi connectivity index (χ2n) is 18.7. The summed E-state index contributed by atoms with van der Waals surface area (Å²) in [4.78, 5) is 12.5. The summed E-state index contributed by atoms with van der Waals surface area (Å²) >= 11 is 0. The van der Waals surface area contributed by atoms with Crippen LogP contribution in [-0.4, -0.2) is 34.9 Å². The van der Waals surface area contributed by atoms with Gasteiger partial charge in [-0.2, -0.15) is 0 Å². The fourth-order valence-electron chi connectivity index (χ4n) is 8.57. The Kier molecular flexibility index (Phi) is 50.2. The van der Waals surface area contributed by atoms with E-state index in [9.17, 15) is 15.0 Å². The molecule has 0 rings (SSSR count). The van der Waals surface area contributed by atoms with Crippen molar-refractivity contribution in [1.29, 1.82) is 0 Å². The molecule has 2 atom stereocenters. The third-order valence-corrected chi connectivity index (χ3v) is 12.7. The molecule has 0 aliphatic carbocycles. The normalized spacial score (nSPS) is 12.9. The van der Waals surface area contributed by atoms with E-state index in [0.29, 0.717) is 12.8 Å². The Morgan fingerprint density at radius 1 is 0.407 bits per heavy atom. The van der Waals surface area contributed by atoms with Crippen LogP contribution in [-0.2, 0) is 4.79 Å². The van der Waals surface area contributed by atoms with Crippen molar-refractivity contribution in [2.24, 2.45) is 0 Å². The quantitative estimate of drug-likeness (QED) is 0.0422. The molecule has 0 aromatic carbocycles. The second-order valence-corrected chi connectivity index (χ2v) is 18.7. The van der Waals surface area contributed by atoms with Crippen molar-refractivity contribution >= 4 is 5.91 Å². The highest BCUT2D eigenvalue weighted by Crippen LogP contribution is 2.17. The highest BCUT2D eigenvalue weighted by atomic mass is 16.3. The summed E-state index contributed by atoms with van der Waals surface area (Å²) in [5, 5.41) is 23.2. The molecule has 4 heteroatoms. The second kappa shape index (κ2) is 51.2. The highest BCUT2D eigenvalue weighted by molar-refractivity contribution is 5.76. The van der Waals surface area contributed by atoms with Crippen LogP contribution in [0.5, 0.6) is 0 Å². The lowest BCUT2D eigenvalue weighted by molar-refractivity contribution is -0.123. The number of aliphatic hydroxyl groups excluding tert-OH is 2. The van der Waals surface area contributed by atoms with Gasteiger partial charge in [0.15, 0.2) is 0 Å². The van der Waals surface area contributed by atoms with Gasteiger partial charge in [0.05, 0.1) is 18.8 Å². The van der Waals surface area contributed by atoms with Crippen molar-refractivity contribution in [3.05, 3.63) is 24.3 Å². The fraction of sp³-hybridized carbons (Fsp3) is 0.909. The minimum absolute atomic E-state index is 0.0272. The molecule has 0 saturated heterocycles. The van der Waals surface area contributed by atoms with E-state index < -0.39 is 12.1 Å². The number of hydrogen-bond donors (Lipinski definition) is 3. The van der Waals surface area contributed by atoms with Gasteiger partial charge in [-0.15, -0.1) is 0 Å². The van der Waals surface area contributed by atoms with Crippen LogP contribution in [0.4, 0.5) is 0 Å². The van der Waals surface area contributed by atoms with E-state index in [0.717, 1.165) is 32.1 Å². The average Bonchev–Trinajstić information content (AvgIpc) is 3.24. The number of hydrogen-bond acceptors (Lipinski definition) is 3. The van der Waals surface area contributed by atoms with Gasteiger partial charge in [-0.1, -0.05) is 276 Å². The van der Waals surface area contributed by atoms with Crippen LogP contribution < -0.4 is 5.32 Å². The van der Waals surface area contributed by atoms with Gasteiger partial charge in [0.25, 0.3) is 0 Å². The molecule has 0 saturated carbocycles. The Bertz CT molecular complexity index is 855. The number of aliphatic hydroxyl groups is 2. The summed E-state index contributed by atoms with van der Waals surface area (Å²) in [6.07, 6.45) is 67.3. The van der Waals surface area contributed by atoms with E-state index in [-0.39, 0.29) is 12.5 Å². The summed E-state index contributed by atoms with van der Waals surface area (Å²) in [5.74, 6) is -0.0272. The van der Waals surface area contributed by atoms with Crippen molar-refractivity contribution < 1.29 is 15.0 Å². The standard InChI is InChI=1S/C55H107NO3/c1-3-5-7-9-11-13-15-17-19-20-21-22-23-24-25-26-27-28-29-30-31-32-33-34-35-36-37-39-41-43-45-47-49-51-55(59)56-53(52-57)54(58)50-48-46-44-42-40-38-18-16-14-12-10-8-6-4-2/h21-22,24-25,53-54,57-58H,3-20,23,26-52H2,1-2H3,(H,56,59)/b22-21-,25-24-. The van der Waals surface area contributed by atoms with E-state index in [1.54, 1.807) is 0 Å². The van der Waals surface area contributed by atoms with Crippen LogP contribution in [0.15, 0.2) is 24.3 Å². The molecule has 0 spiro atoms. The Balaban J connectivity index is 3.41. The van der Waals surface area contributed by atoms with Crippen LogP contribution in [0.2, 0.25) is 0 Å². The maximum absolute atomic E-state index is 12.5. The number of carbonyl (C=O) groups excluding carboxylic acids is 1. The van der Waals surface area contributed by atoms with Gasteiger partial charge in [-0.05, 0) is 44.9 Å². The maximum Gasteiger partial charge on any atom is 0.220 e. The van der Waals surface area contributed by atoms with Crippen molar-refractivity contribution in [3.8, 4) is 0 Å². The molecular formula is C55H107NO3. The third kappa shape index (κ3) is 47.8. The van der Waals surface area contributed by atoms with Gasteiger partial charge < -0.3 is 15.5 Å². The van der Waals surface area contributed by atoms with Crippen molar-refractivity contribution in [3.63, 3.8) is 0 Å². The predicted molar refractivity (Wildman–Crippen MR) is 262 cm³/mol. The number of allylic oxidation sites excluding steroid dienone is 4. The number of amides is 1. The van der Waals surface area contributed by atoms with Crippen LogP contribution >= 0.6 is 0 Å². The molecule has 0 heterocycles. The van der Waals surface area contributed by atoms with E-state index in [1.807, 2.05) is 0 Å². The fourth-order valence-corrected chi connectivity index (χ4v) is 8.57. The average molecular weight is 830 g/mol. The molecule has 0 aliphatic heterocycles. The largest absolute Gasteiger partial charge is 0.394 e. The van der Waals surface area contributed by atoms with E-state index in [1.165, 1.54) is 244 Å². The molecule has 0 bridgehead atoms. The molecule has 350 valence electrons.